The van der Waals surface area contributed by atoms with Crippen LogP contribution in [-0.2, 0) is 11.0 Å². The molecule has 8 heteroatoms. The molecule has 1 amide bonds. The SMILES string of the molecule is O=C1CCCN1C1CCN2c3ncc(C(F)(F)F)cc3OCCC2C1. The van der Waals surface area contributed by atoms with E-state index in [1.807, 2.05) is 4.90 Å². The maximum Gasteiger partial charge on any atom is 0.418 e. The molecule has 0 aromatic carbocycles. The van der Waals surface area contributed by atoms with Crippen molar-refractivity contribution >= 4 is 11.7 Å². The molecule has 2 unspecified atom stereocenters. The monoisotopic (exact) mass is 355 g/mol. The Morgan fingerprint density at radius 2 is 1.96 bits per heavy atom. The van der Waals surface area contributed by atoms with E-state index in [0.717, 1.165) is 44.5 Å². The minimum atomic E-state index is -4.43. The summed E-state index contributed by atoms with van der Waals surface area (Å²) in [7, 11) is 0. The van der Waals surface area contributed by atoms with Gasteiger partial charge in [0.15, 0.2) is 11.6 Å². The van der Waals surface area contributed by atoms with Gasteiger partial charge in [0.2, 0.25) is 5.91 Å². The summed E-state index contributed by atoms with van der Waals surface area (Å²) in [6.45, 7) is 1.85. The van der Waals surface area contributed by atoms with Gasteiger partial charge >= 0.3 is 6.18 Å². The van der Waals surface area contributed by atoms with E-state index in [0.29, 0.717) is 25.4 Å². The van der Waals surface area contributed by atoms with Crippen LogP contribution in [0.25, 0.3) is 0 Å². The fourth-order valence-corrected chi connectivity index (χ4v) is 4.14. The van der Waals surface area contributed by atoms with Crippen LogP contribution in [0.1, 0.15) is 37.7 Å². The Bertz CT molecular complexity index is 680. The molecule has 0 aliphatic carbocycles. The van der Waals surface area contributed by atoms with Gasteiger partial charge in [-0.05, 0) is 25.3 Å². The number of pyridine rings is 1. The molecular weight excluding hydrogens is 335 g/mol. The zero-order valence-electron chi connectivity index (χ0n) is 13.8. The van der Waals surface area contributed by atoms with Gasteiger partial charge in [-0.1, -0.05) is 0 Å². The summed E-state index contributed by atoms with van der Waals surface area (Å²) in [6.07, 6.45) is 0.328. The molecule has 4 heterocycles. The third-order valence-corrected chi connectivity index (χ3v) is 5.38. The van der Waals surface area contributed by atoms with E-state index in [1.165, 1.54) is 0 Å². The number of fused-ring (bicyclic) bond motifs is 3. The average molecular weight is 355 g/mol. The van der Waals surface area contributed by atoms with Crippen LogP contribution in [0.3, 0.4) is 0 Å². The van der Waals surface area contributed by atoms with Crippen molar-refractivity contribution in [3.05, 3.63) is 17.8 Å². The predicted octanol–water partition coefficient (Wildman–Crippen LogP) is 2.84. The van der Waals surface area contributed by atoms with Crippen molar-refractivity contribution in [2.24, 2.45) is 0 Å². The second-order valence-electron chi connectivity index (χ2n) is 6.90. The molecule has 4 rings (SSSR count). The van der Waals surface area contributed by atoms with Crippen molar-refractivity contribution in [2.75, 3.05) is 24.6 Å². The zero-order valence-corrected chi connectivity index (χ0v) is 13.8. The lowest BCUT2D eigenvalue weighted by Crippen LogP contribution is -2.50. The molecule has 3 aliphatic rings. The quantitative estimate of drug-likeness (QED) is 0.777. The molecule has 1 aromatic heterocycles. The lowest BCUT2D eigenvalue weighted by atomic mass is 9.94. The summed E-state index contributed by atoms with van der Waals surface area (Å²) < 4.78 is 44.3. The number of anilines is 1. The third-order valence-electron chi connectivity index (χ3n) is 5.38. The molecule has 3 aliphatic heterocycles. The van der Waals surface area contributed by atoms with E-state index in [-0.39, 0.29) is 23.7 Å². The lowest BCUT2D eigenvalue weighted by molar-refractivity contribution is -0.138. The van der Waals surface area contributed by atoms with Gasteiger partial charge in [-0.25, -0.2) is 4.98 Å². The summed E-state index contributed by atoms with van der Waals surface area (Å²) in [5.41, 5.74) is -0.790. The maximum atomic E-state index is 12.9. The molecule has 25 heavy (non-hydrogen) atoms. The van der Waals surface area contributed by atoms with Crippen LogP contribution in [0.15, 0.2) is 12.3 Å². The molecule has 0 spiro atoms. The Morgan fingerprint density at radius 1 is 1.16 bits per heavy atom. The first-order valence-corrected chi connectivity index (χ1v) is 8.69. The lowest BCUT2D eigenvalue weighted by Gasteiger charge is -2.42. The van der Waals surface area contributed by atoms with E-state index < -0.39 is 11.7 Å². The molecule has 5 nitrogen and oxygen atoms in total. The Balaban J connectivity index is 1.57. The molecule has 0 bridgehead atoms. The van der Waals surface area contributed by atoms with Crippen molar-refractivity contribution in [2.45, 2.75) is 50.4 Å². The highest BCUT2D eigenvalue weighted by molar-refractivity contribution is 5.78. The highest BCUT2D eigenvalue weighted by atomic mass is 19.4. The smallest absolute Gasteiger partial charge is 0.418 e. The Morgan fingerprint density at radius 3 is 2.68 bits per heavy atom. The van der Waals surface area contributed by atoms with Gasteiger partial charge in [0.25, 0.3) is 0 Å². The number of carbonyl (C=O) groups excluding carboxylic acids is 1. The number of nitrogens with zero attached hydrogens (tertiary/aromatic N) is 3. The molecule has 1 aromatic rings. The van der Waals surface area contributed by atoms with Gasteiger partial charge in [0.05, 0.1) is 12.2 Å². The van der Waals surface area contributed by atoms with Crippen LogP contribution < -0.4 is 9.64 Å². The van der Waals surface area contributed by atoms with E-state index in [4.69, 9.17) is 4.74 Å². The topological polar surface area (TPSA) is 45.7 Å². The van der Waals surface area contributed by atoms with Crippen molar-refractivity contribution < 1.29 is 22.7 Å². The Hall–Kier alpha value is -1.99. The summed E-state index contributed by atoms with van der Waals surface area (Å²) in [6, 6.07) is 1.39. The summed E-state index contributed by atoms with van der Waals surface area (Å²) in [5, 5.41) is 0. The van der Waals surface area contributed by atoms with Gasteiger partial charge in [-0.3, -0.25) is 4.79 Å². The minimum absolute atomic E-state index is 0.137. The van der Waals surface area contributed by atoms with Gasteiger partial charge in [-0.15, -0.1) is 0 Å². The molecular formula is C17H20F3N3O2. The number of halogens is 3. The molecule has 2 saturated heterocycles. The predicted molar refractivity (Wildman–Crippen MR) is 84.5 cm³/mol. The van der Waals surface area contributed by atoms with Crippen LogP contribution >= 0.6 is 0 Å². The van der Waals surface area contributed by atoms with Crippen molar-refractivity contribution in [3.8, 4) is 5.75 Å². The van der Waals surface area contributed by atoms with Crippen LogP contribution in [0, 0.1) is 0 Å². The van der Waals surface area contributed by atoms with Crippen molar-refractivity contribution in [1.82, 2.24) is 9.88 Å². The second-order valence-corrected chi connectivity index (χ2v) is 6.90. The number of amides is 1. The normalized spacial score (nSPS) is 26.8. The molecule has 2 atom stereocenters. The fraction of sp³-hybridized carbons (Fsp3) is 0.647. The zero-order chi connectivity index (χ0) is 17.6. The molecule has 2 fully saturated rings. The number of hydrogen-bond acceptors (Lipinski definition) is 4. The third kappa shape index (κ3) is 3.02. The van der Waals surface area contributed by atoms with Crippen LogP contribution in [0.2, 0.25) is 0 Å². The number of carbonyl (C=O) groups is 1. The molecule has 136 valence electrons. The number of hydrogen-bond donors (Lipinski definition) is 0. The van der Waals surface area contributed by atoms with Gasteiger partial charge < -0.3 is 14.5 Å². The largest absolute Gasteiger partial charge is 0.490 e. The highest BCUT2D eigenvalue weighted by Crippen LogP contribution is 2.40. The number of likely N-dealkylation sites (tertiary alicyclic amines) is 1. The van der Waals surface area contributed by atoms with Gasteiger partial charge in [-0.2, -0.15) is 13.2 Å². The van der Waals surface area contributed by atoms with E-state index in [9.17, 15) is 18.0 Å². The van der Waals surface area contributed by atoms with Gasteiger partial charge in [0, 0.05) is 44.2 Å². The van der Waals surface area contributed by atoms with Gasteiger partial charge in [0.1, 0.15) is 0 Å². The standard InChI is InChI=1S/C17H20F3N3O2/c18-17(19,20)11-8-14-16(21-10-11)23-6-3-12(9-13(23)4-7-25-14)22-5-1-2-15(22)24/h8,10,12-13H,1-7,9H2. The fourth-order valence-electron chi connectivity index (χ4n) is 4.14. The van der Waals surface area contributed by atoms with Crippen LogP contribution in [0.5, 0.6) is 5.75 Å². The first-order chi connectivity index (χ1) is 11.9. The maximum absolute atomic E-state index is 12.9. The second kappa shape index (κ2) is 6.07. The van der Waals surface area contributed by atoms with Crippen molar-refractivity contribution in [3.63, 3.8) is 0 Å². The number of ether oxygens (including phenoxy) is 1. The number of piperidine rings is 1. The number of rotatable bonds is 1. The Kier molecular flexibility index (Phi) is 4.00. The van der Waals surface area contributed by atoms with Crippen molar-refractivity contribution in [1.29, 1.82) is 0 Å². The van der Waals surface area contributed by atoms with E-state index in [2.05, 4.69) is 9.88 Å². The summed E-state index contributed by atoms with van der Waals surface area (Å²) >= 11 is 0. The summed E-state index contributed by atoms with van der Waals surface area (Å²) in [5.74, 6) is 0.909. The average Bonchev–Trinajstić information content (AvgIpc) is 2.91. The van der Waals surface area contributed by atoms with Crippen LogP contribution in [-0.4, -0.2) is 47.6 Å². The number of alkyl halides is 3. The summed E-state index contributed by atoms with van der Waals surface area (Å²) in [4.78, 5) is 20.1. The first-order valence-electron chi connectivity index (χ1n) is 8.69. The van der Waals surface area contributed by atoms with Crippen LogP contribution in [0.4, 0.5) is 19.0 Å². The first kappa shape index (κ1) is 16.5. The highest BCUT2D eigenvalue weighted by Gasteiger charge is 2.39. The van der Waals surface area contributed by atoms with E-state index >= 15 is 0 Å². The van der Waals surface area contributed by atoms with E-state index in [1.54, 1.807) is 0 Å². The number of aromatic nitrogens is 1. The molecule has 0 radical (unpaired) electrons. The molecule has 0 saturated carbocycles. The Labute approximate surface area is 143 Å². The minimum Gasteiger partial charge on any atom is -0.490 e. The molecule has 0 N–H and O–H groups in total.